The van der Waals surface area contributed by atoms with Gasteiger partial charge in [0.1, 0.15) is 54.6 Å². The van der Waals surface area contributed by atoms with E-state index in [4.69, 9.17) is 33.5 Å². The van der Waals surface area contributed by atoms with Gasteiger partial charge in [0.05, 0.1) is 37.0 Å². The summed E-state index contributed by atoms with van der Waals surface area (Å²) in [6.45, 7) is 8.74. The lowest BCUT2D eigenvalue weighted by molar-refractivity contribution is -0.153. The minimum Gasteiger partial charge on any atom is -0.479 e. The maximum atomic E-state index is 14.5. The highest BCUT2D eigenvalue weighted by atomic mass is 35.5. The van der Waals surface area contributed by atoms with Gasteiger partial charge in [-0.2, -0.15) is 0 Å². The number of cyclic esters (lactones) is 1. The average Bonchev–Trinajstić information content (AvgIpc) is 2.26. The van der Waals surface area contributed by atoms with Crippen molar-refractivity contribution < 1.29 is 87.8 Å². The van der Waals surface area contributed by atoms with Gasteiger partial charge in [0.25, 0.3) is 5.91 Å². The molecule has 520 valence electrons. The topological polar surface area (TPSA) is 517 Å². The summed E-state index contributed by atoms with van der Waals surface area (Å²) in [7, 11) is 0. The number of unbranched alkanes of at least 4 members (excludes halogenated alkanes) is 9. The summed E-state index contributed by atoms with van der Waals surface area (Å²) in [6, 6.07) is -15.6. The molecule has 10 amide bonds. The molecule has 0 aromatic carbocycles. The Morgan fingerprint density at radius 2 is 1.15 bits per heavy atom. The average molecular weight is 1320 g/mol. The molecule has 12 atom stereocenters. The van der Waals surface area contributed by atoms with Gasteiger partial charge in [-0.15, -0.1) is 11.6 Å². The van der Waals surface area contributed by atoms with Gasteiger partial charge in [-0.1, -0.05) is 84.6 Å². The third-order valence-electron chi connectivity index (χ3n) is 14.8. The second-order valence-electron chi connectivity index (χ2n) is 22.2. The molecular weight excluding hydrogens is 1220 g/mol. The first-order chi connectivity index (χ1) is 43.3. The van der Waals surface area contributed by atoms with Crippen molar-refractivity contribution in [3.05, 3.63) is 11.8 Å². The Bertz CT molecular complexity index is 2350. The minimum atomic E-state index is -2.75. The van der Waals surface area contributed by atoms with Crippen LogP contribution in [0.25, 0.3) is 0 Å². The molecule has 0 saturated carbocycles. The Hall–Kier alpha value is -6.65. The van der Waals surface area contributed by atoms with E-state index in [0.717, 1.165) is 77.5 Å². The highest BCUT2D eigenvalue weighted by Gasteiger charge is 2.40. The zero-order chi connectivity index (χ0) is 68.6. The molecule has 33 heteroatoms. The van der Waals surface area contributed by atoms with Crippen molar-refractivity contribution in [3.63, 3.8) is 0 Å². The van der Waals surface area contributed by atoms with Crippen molar-refractivity contribution in [2.24, 2.45) is 17.2 Å². The Morgan fingerprint density at radius 1 is 0.626 bits per heavy atom. The molecule has 1 fully saturated rings. The summed E-state index contributed by atoms with van der Waals surface area (Å²) >= 11 is 5.95. The third kappa shape index (κ3) is 32.0. The number of allylic oxidation sites excluding steroid dienone is 1. The van der Waals surface area contributed by atoms with E-state index in [1.54, 1.807) is 0 Å². The number of aliphatic hydroxyl groups excluding tert-OH is 4. The number of hydrogen-bond donors (Lipinski definition) is 18. The number of ether oxygens (including phenoxy) is 1. The van der Waals surface area contributed by atoms with Crippen LogP contribution >= 0.6 is 11.6 Å². The fourth-order valence-electron chi connectivity index (χ4n) is 9.38. The van der Waals surface area contributed by atoms with Crippen molar-refractivity contribution in [2.75, 3.05) is 58.3 Å². The predicted molar refractivity (Wildman–Crippen MR) is 333 cm³/mol. The minimum absolute atomic E-state index is 0.0758. The lowest BCUT2D eigenvalue weighted by Crippen LogP contribution is -2.63. The van der Waals surface area contributed by atoms with Gasteiger partial charge in [-0.3, -0.25) is 47.9 Å². The molecule has 1 aliphatic rings. The van der Waals surface area contributed by atoms with Crippen LogP contribution in [0.15, 0.2) is 11.8 Å². The third-order valence-corrected chi connectivity index (χ3v) is 15.2. The number of esters is 1. The number of hydrogen-bond acceptors (Lipinski definition) is 21. The van der Waals surface area contributed by atoms with E-state index in [1.807, 2.05) is 13.8 Å². The van der Waals surface area contributed by atoms with Crippen LogP contribution in [0.1, 0.15) is 150 Å². The molecule has 1 heterocycles. The van der Waals surface area contributed by atoms with E-state index >= 15 is 0 Å². The highest BCUT2D eigenvalue weighted by Crippen LogP contribution is 2.14. The van der Waals surface area contributed by atoms with E-state index in [1.165, 1.54) is 6.92 Å². The normalized spacial score (nSPS) is 23.5. The number of aliphatic carboxylic acids is 1. The van der Waals surface area contributed by atoms with Crippen LogP contribution < -0.4 is 70.4 Å². The van der Waals surface area contributed by atoms with Crippen molar-refractivity contribution >= 4 is 82.6 Å². The molecule has 0 aliphatic carbocycles. The number of nitrogens with two attached hydrogens (primary N) is 3. The number of carboxylic acid groups (broad SMARTS) is 1. The van der Waals surface area contributed by atoms with E-state index < -0.39 is 188 Å². The molecule has 21 N–H and O–H groups in total. The Labute approximate surface area is 536 Å². The van der Waals surface area contributed by atoms with Crippen LogP contribution in [0, 0.1) is 0 Å². The maximum absolute atomic E-state index is 14.5. The lowest BCUT2D eigenvalue weighted by atomic mass is 10.0. The Kier molecular flexibility index (Phi) is 42.0. The molecule has 1 saturated heterocycles. The van der Waals surface area contributed by atoms with Crippen LogP contribution in [0.3, 0.4) is 0 Å². The van der Waals surface area contributed by atoms with Gasteiger partial charge in [0.15, 0.2) is 12.1 Å². The summed E-state index contributed by atoms with van der Waals surface area (Å²) in [5.74, 6) is -16.3. The van der Waals surface area contributed by atoms with Crippen LogP contribution in [0.2, 0.25) is 0 Å². The molecule has 91 heavy (non-hydrogen) atoms. The summed E-state index contributed by atoms with van der Waals surface area (Å²) in [5, 5.41) is 76.4. The summed E-state index contributed by atoms with van der Waals surface area (Å²) < 4.78 is 5.42. The lowest BCUT2D eigenvalue weighted by Gasteiger charge is -2.29. The zero-order valence-corrected chi connectivity index (χ0v) is 54.0. The number of amides is 10. The van der Waals surface area contributed by atoms with Crippen molar-refractivity contribution in [1.82, 2.24) is 58.1 Å². The summed E-state index contributed by atoms with van der Waals surface area (Å²) in [6.07, 6.45) is 0.673. The maximum Gasteiger partial charge on any atom is 0.335 e. The van der Waals surface area contributed by atoms with E-state index in [2.05, 4.69) is 65.0 Å². The number of rotatable bonds is 34. The van der Waals surface area contributed by atoms with Gasteiger partial charge in [0, 0.05) is 6.54 Å². The van der Waals surface area contributed by atoms with Crippen LogP contribution in [-0.4, -0.2) is 232 Å². The number of carboxylic acids is 1. The Morgan fingerprint density at radius 3 is 1.69 bits per heavy atom. The van der Waals surface area contributed by atoms with Crippen molar-refractivity contribution in [1.29, 1.82) is 0 Å². The van der Waals surface area contributed by atoms with Gasteiger partial charge in [0.2, 0.25) is 53.2 Å². The fourth-order valence-corrected chi connectivity index (χ4v) is 9.56. The molecule has 0 spiro atoms. The number of carbonyl (C=O) groups excluding carboxylic acids is 11. The molecule has 6 unspecified atom stereocenters. The number of nitrogens with one attached hydrogen (secondary N) is 10. The SMILES string of the molecule is C/C=C1/NC(=O)C([C@H](C)O)NC(=O)[C@H](CCN)NC(=O)C([C@H](O)C(=O)O)NC(=O)C(CCCCN)NC(=O)[C@H](CC(=O)NCCCN(CC)CC)NC(=O)C(CCN)NC(=O)C(NC(=O)C[C@H](O)CCCCCCCCCCC)COC(=O)C([C@H](O)CCl)NC1=O. The molecular formula is C58H103ClN14O18. The predicted octanol–water partition coefficient (Wildman–Crippen LogP) is -4.40. The van der Waals surface area contributed by atoms with Gasteiger partial charge >= 0.3 is 11.9 Å². The molecule has 0 bridgehead atoms. The van der Waals surface area contributed by atoms with Crippen LogP contribution in [0.5, 0.6) is 0 Å². The standard InChI is InChI=1S/C58H103ClN14O18/c1-6-10-11-12-13-14-15-16-17-21-35(75)30-44(78)64-41-33-91-58(90)46(42(76)32-59)71-49(80)36(7-2)65-55(86)45(34(5)74)70-52(83)39(24-27-62)68-56(87)47(48(79)57(88)89)72-51(82)37(22-18-19-25-60)66-53(84)40(69-50(81)38(23-26-61)67-54(41)85)31-43(77)63-28-20-29-73(8-3)9-4/h7,34-35,37-42,45-48,74-76,79H,6,8-33,60-62H2,1-5H3,(H,63,77)(H,64,78)(H,65,86)(H,66,84)(H,67,85)(H,68,87)(H,69,81)(H,70,83)(H,71,80)(H,72,82)(H,88,89)/b36-7+/t34-,35+,37?,38?,39-,40-,41?,42+,45?,46?,47?,48-/m0/s1. The van der Waals surface area contributed by atoms with Gasteiger partial charge in [-0.05, 0) is 98.1 Å². The molecule has 0 aromatic heterocycles. The van der Waals surface area contributed by atoms with Crippen LogP contribution in [0.4, 0.5) is 0 Å². The number of carbonyl (C=O) groups is 12. The van der Waals surface area contributed by atoms with E-state index in [9.17, 15) is 83.1 Å². The first kappa shape index (κ1) is 82.4. The quantitative estimate of drug-likeness (QED) is 0.0125. The van der Waals surface area contributed by atoms with Crippen molar-refractivity contribution in [2.45, 2.75) is 223 Å². The van der Waals surface area contributed by atoms with Gasteiger partial charge in [-0.25, -0.2) is 9.59 Å². The number of aliphatic hydroxyl groups is 4. The van der Waals surface area contributed by atoms with Crippen LogP contribution in [-0.2, 0) is 62.3 Å². The molecule has 1 rings (SSSR count). The molecule has 0 radical (unpaired) electrons. The molecule has 32 nitrogen and oxygen atoms in total. The highest BCUT2D eigenvalue weighted by molar-refractivity contribution is 6.18. The molecule has 1 aliphatic heterocycles. The Balaban J connectivity index is 4.14. The molecule has 0 aromatic rings. The smallest absolute Gasteiger partial charge is 0.335 e. The summed E-state index contributed by atoms with van der Waals surface area (Å²) in [5.41, 5.74) is 16.7. The largest absolute Gasteiger partial charge is 0.479 e. The zero-order valence-electron chi connectivity index (χ0n) is 53.2. The second kappa shape index (κ2) is 46.4. The number of nitrogens with zero attached hydrogens (tertiary/aromatic N) is 1. The first-order valence-electron chi connectivity index (χ1n) is 31.4. The van der Waals surface area contributed by atoms with E-state index in [-0.39, 0.29) is 51.9 Å². The number of alkyl halides is 1. The first-order valence-corrected chi connectivity index (χ1v) is 32.0. The van der Waals surface area contributed by atoms with Crippen molar-refractivity contribution in [3.8, 4) is 0 Å². The summed E-state index contributed by atoms with van der Waals surface area (Å²) in [4.78, 5) is 169. The fraction of sp³-hybridized carbons (Fsp3) is 0.759. The van der Waals surface area contributed by atoms with E-state index in [0.29, 0.717) is 19.4 Å². The number of halogens is 1. The monoisotopic (exact) mass is 1320 g/mol. The second-order valence-corrected chi connectivity index (χ2v) is 22.5. The van der Waals surface area contributed by atoms with Gasteiger partial charge < -0.3 is 106 Å².